The van der Waals surface area contributed by atoms with E-state index in [1.807, 2.05) is 65.6 Å². The number of rotatable bonds is 5. The second kappa shape index (κ2) is 7.09. The van der Waals surface area contributed by atoms with Gasteiger partial charge in [-0.05, 0) is 49.2 Å². The summed E-state index contributed by atoms with van der Waals surface area (Å²) in [6.45, 7) is 0. The van der Waals surface area contributed by atoms with Gasteiger partial charge in [-0.1, -0.05) is 36.4 Å². The summed E-state index contributed by atoms with van der Waals surface area (Å²) in [5, 5.41) is 4.62. The summed E-state index contributed by atoms with van der Waals surface area (Å²) < 4.78 is 1.91. The summed E-state index contributed by atoms with van der Waals surface area (Å²) >= 11 is 0. The Labute approximate surface area is 146 Å². The lowest BCUT2D eigenvalue weighted by atomic mass is 10.2. The van der Waals surface area contributed by atoms with Crippen molar-refractivity contribution in [1.29, 1.82) is 0 Å². The maximum atomic E-state index is 4.62. The van der Waals surface area contributed by atoms with Crippen LogP contribution in [0.25, 0.3) is 22.8 Å². The first kappa shape index (κ1) is 15.3. The van der Waals surface area contributed by atoms with E-state index >= 15 is 0 Å². The Kier molecular flexibility index (Phi) is 4.33. The molecule has 0 aliphatic heterocycles. The van der Waals surface area contributed by atoms with Gasteiger partial charge in [-0.3, -0.25) is 4.98 Å². The number of benzene rings is 2. The normalized spacial score (nSPS) is 11.4. The van der Waals surface area contributed by atoms with Crippen molar-refractivity contribution in [2.24, 2.45) is 0 Å². The van der Waals surface area contributed by atoms with Gasteiger partial charge < -0.3 is 0 Å². The van der Waals surface area contributed by atoms with Crippen LogP contribution in [0.5, 0.6) is 0 Å². The molecule has 122 valence electrons. The minimum atomic E-state index is 0.883. The molecule has 25 heavy (non-hydrogen) atoms. The van der Waals surface area contributed by atoms with Gasteiger partial charge in [-0.15, -0.1) is 0 Å². The maximum absolute atomic E-state index is 4.62. The third-order valence-corrected chi connectivity index (χ3v) is 3.99. The molecule has 0 N–H and O–H groups in total. The Morgan fingerprint density at radius 3 is 2.56 bits per heavy atom. The van der Waals surface area contributed by atoms with Crippen LogP contribution in [0.4, 0.5) is 0 Å². The van der Waals surface area contributed by atoms with E-state index < -0.39 is 0 Å². The van der Waals surface area contributed by atoms with Crippen molar-refractivity contribution in [3.8, 4) is 5.69 Å². The van der Waals surface area contributed by atoms with Gasteiger partial charge in [0.15, 0.2) is 0 Å². The molecule has 0 unspecified atom stereocenters. The fourth-order valence-corrected chi connectivity index (χ4v) is 2.71. The van der Waals surface area contributed by atoms with E-state index in [1.54, 1.807) is 0 Å². The van der Waals surface area contributed by atoms with Crippen LogP contribution in [0, 0.1) is 0 Å². The van der Waals surface area contributed by atoms with Crippen molar-refractivity contribution in [2.75, 3.05) is 0 Å². The molecular formula is C21H18N4. The number of fused-ring (bicyclic) bond motifs is 1. The van der Waals surface area contributed by atoms with Crippen LogP contribution in [0.15, 0.2) is 79.1 Å². The SMILES string of the molecule is C(=C\c1cnc2ccccc2n1)/CCc1ccn(-c2ccccc2)n1. The Bertz CT molecular complexity index is 1000. The second-order valence-corrected chi connectivity index (χ2v) is 5.81. The molecule has 4 aromatic rings. The van der Waals surface area contributed by atoms with E-state index in [2.05, 4.69) is 39.3 Å². The predicted molar refractivity (Wildman–Crippen MR) is 100 cm³/mol. The molecule has 2 heterocycles. The second-order valence-electron chi connectivity index (χ2n) is 5.81. The van der Waals surface area contributed by atoms with E-state index in [1.165, 1.54) is 0 Å². The third kappa shape index (κ3) is 3.63. The van der Waals surface area contributed by atoms with Crippen LogP contribution in [-0.4, -0.2) is 19.7 Å². The number of para-hydroxylation sites is 3. The van der Waals surface area contributed by atoms with Gasteiger partial charge in [0, 0.05) is 6.20 Å². The summed E-state index contributed by atoms with van der Waals surface area (Å²) in [5.74, 6) is 0. The van der Waals surface area contributed by atoms with Crippen molar-refractivity contribution < 1.29 is 0 Å². The van der Waals surface area contributed by atoms with Gasteiger partial charge in [-0.25, -0.2) is 9.67 Å². The molecule has 0 bridgehead atoms. The van der Waals surface area contributed by atoms with Crippen LogP contribution < -0.4 is 0 Å². The standard InChI is InChI=1S/C21H18N4/c1-2-10-19(11-3-1)25-15-14-17(24-25)8-4-5-9-18-16-22-20-12-6-7-13-21(20)23-18/h1-3,5-7,9-16H,4,8H2/b9-5+. The van der Waals surface area contributed by atoms with Crippen LogP contribution in [0.3, 0.4) is 0 Å². The molecule has 0 saturated carbocycles. The van der Waals surface area contributed by atoms with Gasteiger partial charge in [0.25, 0.3) is 0 Å². The highest BCUT2D eigenvalue weighted by Crippen LogP contribution is 2.11. The van der Waals surface area contributed by atoms with Crippen LogP contribution >= 0.6 is 0 Å². The molecule has 4 heteroatoms. The quantitative estimate of drug-likeness (QED) is 0.544. The third-order valence-electron chi connectivity index (χ3n) is 3.99. The van der Waals surface area contributed by atoms with Gasteiger partial charge in [0.1, 0.15) is 0 Å². The fraction of sp³-hybridized carbons (Fsp3) is 0.0952. The molecule has 0 fully saturated rings. The summed E-state index contributed by atoms with van der Waals surface area (Å²) in [6, 6.07) is 20.1. The molecule has 0 aliphatic rings. The van der Waals surface area contributed by atoms with Crippen LogP contribution in [0.1, 0.15) is 17.8 Å². The Hall–Kier alpha value is -3.27. The smallest absolute Gasteiger partial charge is 0.0894 e. The molecule has 0 amide bonds. The first-order valence-electron chi connectivity index (χ1n) is 8.37. The van der Waals surface area contributed by atoms with Crippen LogP contribution in [0.2, 0.25) is 0 Å². The molecule has 0 aliphatic carbocycles. The van der Waals surface area contributed by atoms with Gasteiger partial charge in [0.2, 0.25) is 0 Å². The molecule has 2 aromatic heterocycles. The number of hydrogen-bond donors (Lipinski definition) is 0. The highest BCUT2D eigenvalue weighted by Gasteiger charge is 2.00. The largest absolute Gasteiger partial charge is 0.252 e. The predicted octanol–water partition coefficient (Wildman–Crippen LogP) is 4.46. The molecule has 4 nitrogen and oxygen atoms in total. The summed E-state index contributed by atoms with van der Waals surface area (Å²) in [6.07, 6.45) is 9.78. The Balaban J connectivity index is 1.38. The van der Waals surface area contributed by atoms with E-state index in [0.29, 0.717) is 0 Å². The first-order chi connectivity index (χ1) is 12.4. The molecule has 0 radical (unpaired) electrons. The highest BCUT2D eigenvalue weighted by atomic mass is 15.3. The Morgan fingerprint density at radius 1 is 0.880 bits per heavy atom. The van der Waals surface area contributed by atoms with Crippen molar-refractivity contribution in [3.63, 3.8) is 0 Å². The molecule has 0 saturated heterocycles. The zero-order chi connectivity index (χ0) is 16.9. The fourth-order valence-electron chi connectivity index (χ4n) is 2.71. The monoisotopic (exact) mass is 326 g/mol. The molecule has 4 rings (SSSR count). The van der Waals surface area contributed by atoms with E-state index in [4.69, 9.17) is 0 Å². The van der Waals surface area contributed by atoms with E-state index in [-0.39, 0.29) is 0 Å². The van der Waals surface area contributed by atoms with Crippen molar-refractivity contribution in [1.82, 2.24) is 19.7 Å². The minimum Gasteiger partial charge on any atom is -0.252 e. The topological polar surface area (TPSA) is 43.6 Å². The van der Waals surface area contributed by atoms with E-state index in [9.17, 15) is 0 Å². The number of aromatic nitrogens is 4. The lowest BCUT2D eigenvalue weighted by Crippen LogP contribution is -1.95. The maximum Gasteiger partial charge on any atom is 0.0894 e. The Morgan fingerprint density at radius 2 is 1.68 bits per heavy atom. The van der Waals surface area contributed by atoms with Crippen LogP contribution in [-0.2, 0) is 6.42 Å². The van der Waals surface area contributed by atoms with Crippen molar-refractivity contribution >= 4 is 17.1 Å². The van der Waals surface area contributed by atoms with Gasteiger partial charge in [0.05, 0.1) is 34.3 Å². The molecular weight excluding hydrogens is 308 g/mol. The zero-order valence-electron chi connectivity index (χ0n) is 13.8. The molecule has 0 spiro atoms. The molecule has 0 atom stereocenters. The lowest BCUT2D eigenvalue weighted by molar-refractivity contribution is 0.825. The zero-order valence-corrected chi connectivity index (χ0v) is 13.8. The van der Waals surface area contributed by atoms with Crippen molar-refractivity contribution in [2.45, 2.75) is 12.8 Å². The minimum absolute atomic E-state index is 0.883. The van der Waals surface area contributed by atoms with Gasteiger partial charge in [-0.2, -0.15) is 5.10 Å². The number of nitrogens with zero attached hydrogens (tertiary/aromatic N) is 4. The average molecular weight is 326 g/mol. The number of hydrogen-bond acceptors (Lipinski definition) is 3. The lowest BCUT2D eigenvalue weighted by Gasteiger charge is -1.99. The van der Waals surface area contributed by atoms with Gasteiger partial charge >= 0.3 is 0 Å². The average Bonchev–Trinajstić information content (AvgIpc) is 3.15. The summed E-state index contributed by atoms with van der Waals surface area (Å²) in [5.41, 5.74) is 4.89. The summed E-state index contributed by atoms with van der Waals surface area (Å²) in [7, 11) is 0. The number of aryl methyl sites for hydroxylation is 1. The highest BCUT2D eigenvalue weighted by molar-refractivity contribution is 5.74. The first-order valence-corrected chi connectivity index (χ1v) is 8.37. The van der Waals surface area contributed by atoms with E-state index in [0.717, 1.165) is 41.0 Å². The summed E-state index contributed by atoms with van der Waals surface area (Å²) in [4.78, 5) is 9.02. The van der Waals surface area contributed by atoms with Crippen molar-refractivity contribution in [3.05, 3.63) is 90.5 Å². The number of allylic oxidation sites excluding steroid dienone is 1. The molecule has 2 aromatic carbocycles.